The van der Waals surface area contributed by atoms with Crippen molar-refractivity contribution in [2.75, 3.05) is 5.73 Å². The maximum absolute atomic E-state index is 9.76. The SMILES string of the molecule is Cc1cc(Br)c(N)c(-c2ccccc2O)n1. The van der Waals surface area contributed by atoms with Crippen molar-refractivity contribution in [2.24, 2.45) is 0 Å². The first-order chi connectivity index (χ1) is 7.59. The molecular formula is C12H11BrN2O. The average molecular weight is 279 g/mol. The van der Waals surface area contributed by atoms with E-state index >= 15 is 0 Å². The van der Waals surface area contributed by atoms with Crippen molar-refractivity contribution in [3.05, 3.63) is 40.5 Å². The lowest BCUT2D eigenvalue weighted by atomic mass is 10.1. The number of aryl methyl sites for hydroxylation is 1. The van der Waals surface area contributed by atoms with Gasteiger partial charge < -0.3 is 10.8 Å². The normalized spacial score (nSPS) is 10.4. The summed E-state index contributed by atoms with van der Waals surface area (Å²) in [5.74, 6) is 0.180. The molecule has 82 valence electrons. The van der Waals surface area contributed by atoms with Crippen LogP contribution >= 0.6 is 15.9 Å². The Morgan fingerprint density at radius 2 is 2.00 bits per heavy atom. The van der Waals surface area contributed by atoms with Crippen LogP contribution in [0.15, 0.2) is 34.8 Å². The Labute approximate surface area is 102 Å². The highest BCUT2D eigenvalue weighted by Crippen LogP contribution is 2.35. The molecule has 0 fully saturated rings. The first kappa shape index (κ1) is 11.0. The Bertz CT molecular complexity index is 541. The average Bonchev–Trinajstić information content (AvgIpc) is 2.24. The summed E-state index contributed by atoms with van der Waals surface area (Å²) in [6.45, 7) is 1.88. The van der Waals surface area contributed by atoms with Crippen LogP contribution in [0.2, 0.25) is 0 Å². The zero-order valence-corrected chi connectivity index (χ0v) is 10.3. The number of hydrogen-bond donors (Lipinski definition) is 2. The summed E-state index contributed by atoms with van der Waals surface area (Å²) in [5.41, 5.74) is 8.56. The van der Waals surface area contributed by atoms with Crippen molar-refractivity contribution in [2.45, 2.75) is 6.92 Å². The van der Waals surface area contributed by atoms with Crippen molar-refractivity contribution in [1.82, 2.24) is 4.98 Å². The number of anilines is 1. The van der Waals surface area contributed by atoms with E-state index in [2.05, 4.69) is 20.9 Å². The predicted octanol–water partition coefficient (Wildman–Crippen LogP) is 3.11. The highest BCUT2D eigenvalue weighted by atomic mass is 79.9. The van der Waals surface area contributed by atoms with Gasteiger partial charge in [-0.25, -0.2) is 0 Å². The minimum absolute atomic E-state index is 0.180. The molecule has 4 heteroatoms. The van der Waals surface area contributed by atoms with Crippen LogP contribution in [0.5, 0.6) is 5.75 Å². The highest BCUT2D eigenvalue weighted by Gasteiger charge is 2.11. The smallest absolute Gasteiger partial charge is 0.125 e. The molecule has 2 rings (SSSR count). The van der Waals surface area contributed by atoms with Gasteiger partial charge in [-0.05, 0) is 41.1 Å². The van der Waals surface area contributed by atoms with Crippen molar-refractivity contribution in [3.8, 4) is 17.0 Å². The highest BCUT2D eigenvalue weighted by molar-refractivity contribution is 9.10. The molecular weight excluding hydrogens is 268 g/mol. The Kier molecular flexibility index (Phi) is 2.83. The molecule has 0 radical (unpaired) electrons. The van der Waals surface area contributed by atoms with Crippen molar-refractivity contribution in [3.63, 3.8) is 0 Å². The predicted molar refractivity (Wildman–Crippen MR) is 68.2 cm³/mol. The van der Waals surface area contributed by atoms with Gasteiger partial charge in [-0.15, -0.1) is 0 Å². The Morgan fingerprint density at radius 1 is 1.31 bits per heavy atom. The summed E-state index contributed by atoms with van der Waals surface area (Å²) in [5, 5.41) is 9.76. The molecule has 0 aliphatic heterocycles. The fraction of sp³-hybridized carbons (Fsp3) is 0.0833. The number of nitrogens with zero attached hydrogens (tertiary/aromatic N) is 1. The molecule has 0 spiro atoms. The number of aromatic nitrogens is 1. The molecule has 16 heavy (non-hydrogen) atoms. The van der Waals surface area contributed by atoms with Crippen molar-refractivity contribution < 1.29 is 5.11 Å². The van der Waals surface area contributed by atoms with E-state index in [9.17, 15) is 5.11 Å². The van der Waals surface area contributed by atoms with E-state index < -0.39 is 0 Å². The summed E-state index contributed by atoms with van der Waals surface area (Å²) in [7, 11) is 0. The topological polar surface area (TPSA) is 59.1 Å². The number of hydrogen-bond acceptors (Lipinski definition) is 3. The van der Waals surface area contributed by atoms with Crippen LogP contribution in [0, 0.1) is 6.92 Å². The number of benzene rings is 1. The van der Waals surface area contributed by atoms with Gasteiger partial charge >= 0.3 is 0 Å². The zero-order valence-electron chi connectivity index (χ0n) is 8.74. The van der Waals surface area contributed by atoms with Gasteiger partial charge in [0.2, 0.25) is 0 Å². The first-order valence-corrected chi connectivity index (χ1v) is 5.60. The van der Waals surface area contributed by atoms with E-state index in [0.29, 0.717) is 16.9 Å². The van der Waals surface area contributed by atoms with Crippen LogP contribution < -0.4 is 5.73 Å². The fourth-order valence-electron chi connectivity index (χ4n) is 1.52. The van der Waals surface area contributed by atoms with Crippen LogP contribution in [0.3, 0.4) is 0 Å². The van der Waals surface area contributed by atoms with E-state index in [4.69, 9.17) is 5.73 Å². The van der Waals surface area contributed by atoms with Gasteiger partial charge in [0.1, 0.15) is 5.75 Å². The molecule has 0 aliphatic rings. The third-order valence-electron chi connectivity index (χ3n) is 2.30. The standard InChI is InChI=1S/C12H11BrN2O/c1-7-6-9(13)11(14)12(15-7)8-4-2-3-5-10(8)16/h2-6,16H,14H2,1H3. The second-order valence-corrected chi connectivity index (χ2v) is 4.38. The molecule has 0 saturated heterocycles. The first-order valence-electron chi connectivity index (χ1n) is 4.80. The number of pyridine rings is 1. The van der Waals surface area contributed by atoms with E-state index in [1.54, 1.807) is 18.2 Å². The Morgan fingerprint density at radius 3 is 2.69 bits per heavy atom. The number of rotatable bonds is 1. The van der Waals surface area contributed by atoms with E-state index in [-0.39, 0.29) is 5.75 Å². The molecule has 3 N–H and O–H groups in total. The largest absolute Gasteiger partial charge is 0.507 e. The van der Waals surface area contributed by atoms with E-state index in [1.165, 1.54) is 0 Å². The molecule has 0 amide bonds. The van der Waals surface area contributed by atoms with Gasteiger partial charge in [0, 0.05) is 15.7 Å². The van der Waals surface area contributed by atoms with Gasteiger partial charge in [0.15, 0.2) is 0 Å². The summed E-state index contributed by atoms with van der Waals surface area (Å²) >= 11 is 3.37. The molecule has 0 aliphatic carbocycles. The number of para-hydroxylation sites is 1. The number of nitrogens with two attached hydrogens (primary N) is 1. The molecule has 0 unspecified atom stereocenters. The third-order valence-corrected chi connectivity index (χ3v) is 2.95. The minimum Gasteiger partial charge on any atom is -0.507 e. The summed E-state index contributed by atoms with van der Waals surface area (Å²) < 4.78 is 0.790. The van der Waals surface area contributed by atoms with Crippen LogP contribution in [-0.4, -0.2) is 10.1 Å². The lowest BCUT2D eigenvalue weighted by molar-refractivity contribution is 0.477. The molecule has 0 bridgehead atoms. The maximum Gasteiger partial charge on any atom is 0.125 e. The van der Waals surface area contributed by atoms with Gasteiger partial charge in [0.25, 0.3) is 0 Å². The molecule has 3 nitrogen and oxygen atoms in total. The molecule has 1 heterocycles. The quantitative estimate of drug-likeness (QED) is 0.843. The molecule has 1 aromatic carbocycles. The van der Waals surface area contributed by atoms with Crippen molar-refractivity contribution >= 4 is 21.6 Å². The van der Waals surface area contributed by atoms with Gasteiger partial charge in [0.05, 0.1) is 11.4 Å². The van der Waals surface area contributed by atoms with Crippen LogP contribution in [0.1, 0.15) is 5.69 Å². The van der Waals surface area contributed by atoms with Crippen LogP contribution in [0.25, 0.3) is 11.3 Å². The zero-order chi connectivity index (χ0) is 11.7. The molecule has 2 aromatic rings. The third kappa shape index (κ3) is 1.88. The Balaban J connectivity index is 2.69. The second kappa shape index (κ2) is 4.14. The van der Waals surface area contributed by atoms with Crippen LogP contribution in [0.4, 0.5) is 5.69 Å². The number of phenolic OH excluding ortho intramolecular Hbond substituents is 1. The summed E-state index contributed by atoms with van der Waals surface area (Å²) in [6, 6.07) is 8.86. The fourth-order valence-corrected chi connectivity index (χ4v) is 2.04. The lowest BCUT2D eigenvalue weighted by Gasteiger charge is -2.09. The lowest BCUT2D eigenvalue weighted by Crippen LogP contribution is -1.97. The van der Waals surface area contributed by atoms with E-state index in [1.807, 2.05) is 19.1 Å². The van der Waals surface area contributed by atoms with Gasteiger partial charge in [-0.1, -0.05) is 12.1 Å². The number of nitrogen functional groups attached to an aromatic ring is 1. The van der Waals surface area contributed by atoms with Crippen molar-refractivity contribution in [1.29, 1.82) is 0 Å². The minimum atomic E-state index is 0.180. The van der Waals surface area contributed by atoms with Gasteiger partial charge in [-0.3, -0.25) is 4.98 Å². The second-order valence-electron chi connectivity index (χ2n) is 3.52. The maximum atomic E-state index is 9.76. The molecule has 0 saturated carbocycles. The summed E-state index contributed by atoms with van der Waals surface area (Å²) in [6.07, 6.45) is 0. The molecule has 1 aromatic heterocycles. The Hall–Kier alpha value is -1.55. The number of halogens is 1. The number of phenols is 1. The van der Waals surface area contributed by atoms with Gasteiger partial charge in [-0.2, -0.15) is 0 Å². The summed E-state index contributed by atoms with van der Waals surface area (Å²) in [4.78, 5) is 4.35. The van der Waals surface area contributed by atoms with E-state index in [0.717, 1.165) is 10.2 Å². The number of aromatic hydroxyl groups is 1. The molecule has 0 atom stereocenters. The van der Waals surface area contributed by atoms with Crippen LogP contribution in [-0.2, 0) is 0 Å². The monoisotopic (exact) mass is 278 g/mol.